The SMILES string of the molecule is CC(Cn1cnnn1)Oc1cc(-c2cnc(Nc3cn(C4CCC(N5CCOCC5)CC4)nc3OCCc3ncccn3)nc2)ccc1C#N. The summed E-state index contributed by atoms with van der Waals surface area (Å²) in [5, 5.41) is 29.1. The van der Waals surface area contributed by atoms with Crippen LogP contribution in [-0.2, 0) is 17.7 Å². The van der Waals surface area contributed by atoms with E-state index in [0.717, 1.165) is 63.1 Å². The lowest BCUT2D eigenvalue weighted by molar-refractivity contribution is 0.00503. The van der Waals surface area contributed by atoms with Crippen LogP contribution in [0, 0.1) is 11.3 Å². The minimum Gasteiger partial charge on any atom is -0.487 e. The van der Waals surface area contributed by atoms with Gasteiger partial charge in [0.2, 0.25) is 5.95 Å². The second-order valence-corrected chi connectivity index (χ2v) is 12.4. The van der Waals surface area contributed by atoms with Gasteiger partial charge in [-0.2, -0.15) is 5.26 Å². The zero-order valence-electron chi connectivity index (χ0n) is 27.9. The molecule has 0 radical (unpaired) electrons. The van der Waals surface area contributed by atoms with Crippen LogP contribution in [0.1, 0.15) is 50.0 Å². The number of nitrogens with zero attached hydrogens (tertiary/aromatic N) is 12. The Balaban J connectivity index is 1.04. The van der Waals surface area contributed by atoms with E-state index in [4.69, 9.17) is 19.3 Å². The maximum Gasteiger partial charge on any atom is 0.256 e. The first kappa shape index (κ1) is 33.0. The summed E-state index contributed by atoms with van der Waals surface area (Å²) in [6.07, 6.45) is 15.0. The fourth-order valence-corrected chi connectivity index (χ4v) is 6.42. The van der Waals surface area contributed by atoms with Crippen molar-refractivity contribution in [2.24, 2.45) is 0 Å². The first-order chi connectivity index (χ1) is 24.6. The molecule has 0 bridgehead atoms. The molecule has 0 amide bonds. The number of aromatic nitrogens is 10. The molecule has 7 rings (SSSR count). The topological polar surface area (TPSA) is 180 Å². The van der Waals surface area contributed by atoms with E-state index in [9.17, 15) is 5.26 Å². The first-order valence-corrected chi connectivity index (χ1v) is 16.9. The highest BCUT2D eigenvalue weighted by molar-refractivity contribution is 5.67. The molecule has 1 N–H and O–H groups in total. The lowest BCUT2D eigenvalue weighted by atomic mass is 9.90. The smallest absolute Gasteiger partial charge is 0.256 e. The van der Waals surface area contributed by atoms with Gasteiger partial charge in [0, 0.05) is 55.9 Å². The Bertz CT molecular complexity index is 1850. The fraction of sp³-hybridized carbons (Fsp3) is 0.441. The van der Waals surface area contributed by atoms with E-state index in [1.807, 2.05) is 29.9 Å². The van der Waals surface area contributed by atoms with Crippen LogP contribution in [0.2, 0.25) is 0 Å². The van der Waals surface area contributed by atoms with Crippen molar-refractivity contribution in [1.29, 1.82) is 5.26 Å². The van der Waals surface area contributed by atoms with Crippen molar-refractivity contribution in [3.63, 3.8) is 0 Å². The number of ether oxygens (including phenoxy) is 3. The molecular weight excluding hydrogens is 638 g/mol. The molecular formula is C34H39N13O3. The number of tetrazole rings is 1. The summed E-state index contributed by atoms with van der Waals surface area (Å²) in [6.45, 7) is 6.35. The lowest BCUT2D eigenvalue weighted by Crippen LogP contribution is -2.45. The molecule has 258 valence electrons. The molecule has 50 heavy (non-hydrogen) atoms. The van der Waals surface area contributed by atoms with E-state index in [0.29, 0.717) is 60.3 Å². The van der Waals surface area contributed by atoms with Gasteiger partial charge in [-0.25, -0.2) is 24.6 Å². The van der Waals surface area contributed by atoms with Crippen LogP contribution in [0.4, 0.5) is 11.6 Å². The summed E-state index contributed by atoms with van der Waals surface area (Å²) >= 11 is 0. The van der Waals surface area contributed by atoms with Crippen molar-refractivity contribution in [2.75, 3.05) is 38.2 Å². The zero-order chi connectivity index (χ0) is 34.1. The van der Waals surface area contributed by atoms with Gasteiger partial charge in [0.25, 0.3) is 5.88 Å². The van der Waals surface area contributed by atoms with Gasteiger partial charge in [0.1, 0.15) is 35.8 Å². The number of nitriles is 1. The third kappa shape index (κ3) is 8.18. The van der Waals surface area contributed by atoms with Crippen LogP contribution in [-0.4, -0.2) is 99.9 Å². The third-order valence-electron chi connectivity index (χ3n) is 8.98. The number of hydrogen-bond acceptors (Lipinski definition) is 14. The Labute approximate surface area is 289 Å². The van der Waals surface area contributed by atoms with Crippen LogP contribution in [0.5, 0.6) is 11.6 Å². The van der Waals surface area contributed by atoms with Gasteiger partial charge in [-0.15, -0.1) is 10.2 Å². The summed E-state index contributed by atoms with van der Waals surface area (Å²) in [6, 6.07) is 10.3. The van der Waals surface area contributed by atoms with E-state index in [-0.39, 0.29) is 12.1 Å². The van der Waals surface area contributed by atoms with Crippen molar-refractivity contribution >= 4 is 11.6 Å². The van der Waals surface area contributed by atoms with Crippen LogP contribution >= 0.6 is 0 Å². The quantitative estimate of drug-likeness (QED) is 0.191. The Morgan fingerprint density at radius 3 is 2.54 bits per heavy atom. The predicted octanol–water partition coefficient (Wildman–Crippen LogP) is 3.64. The summed E-state index contributed by atoms with van der Waals surface area (Å²) in [4.78, 5) is 20.4. The standard InChI is InChI=1S/C34H39N13O3/c1-24(21-46-23-40-43-44-46)50-31-17-25(3-4-26(31)18-35)27-19-38-34(39-20-27)41-30-22-47(42-33(30)49-14-9-32-36-10-2-11-37-32)29-7-5-28(6-8-29)45-12-15-48-16-13-45/h2-4,10-11,17,19-20,22-24,28-29H,5-9,12-16,21H2,1H3,(H,38,39,41). The molecule has 5 aromatic rings. The van der Waals surface area contributed by atoms with Gasteiger partial charge in [0.05, 0.1) is 44.2 Å². The molecule has 1 saturated heterocycles. The average molecular weight is 678 g/mol. The van der Waals surface area contributed by atoms with Crippen LogP contribution in [0.3, 0.4) is 0 Å². The number of hydrogen-bond donors (Lipinski definition) is 1. The summed E-state index contributed by atoms with van der Waals surface area (Å²) in [7, 11) is 0. The van der Waals surface area contributed by atoms with E-state index in [1.165, 1.54) is 6.33 Å². The minimum atomic E-state index is -0.277. The molecule has 1 saturated carbocycles. The number of anilines is 2. The number of rotatable bonds is 13. The summed E-state index contributed by atoms with van der Waals surface area (Å²) < 4.78 is 21.5. The molecule has 1 unspecified atom stereocenters. The van der Waals surface area contributed by atoms with Crippen LogP contribution in [0.25, 0.3) is 11.1 Å². The number of benzene rings is 1. The van der Waals surface area contributed by atoms with E-state index in [1.54, 1.807) is 41.6 Å². The molecule has 4 aromatic heterocycles. The minimum absolute atomic E-state index is 0.273. The highest BCUT2D eigenvalue weighted by atomic mass is 16.5. The largest absolute Gasteiger partial charge is 0.487 e. The monoisotopic (exact) mass is 677 g/mol. The second kappa shape index (κ2) is 15.8. The molecule has 0 spiro atoms. The average Bonchev–Trinajstić information content (AvgIpc) is 3.83. The van der Waals surface area contributed by atoms with Crippen LogP contribution < -0.4 is 14.8 Å². The Kier molecular flexibility index (Phi) is 10.4. The molecule has 1 atom stereocenters. The van der Waals surface area contributed by atoms with E-state index in [2.05, 4.69) is 51.7 Å². The molecule has 5 heterocycles. The highest BCUT2D eigenvalue weighted by Gasteiger charge is 2.29. The molecule has 2 fully saturated rings. The van der Waals surface area contributed by atoms with Gasteiger partial charge in [0.15, 0.2) is 0 Å². The first-order valence-electron chi connectivity index (χ1n) is 16.9. The van der Waals surface area contributed by atoms with Crippen LogP contribution in [0.15, 0.2) is 61.6 Å². The van der Waals surface area contributed by atoms with Crippen molar-refractivity contribution in [3.05, 3.63) is 73.0 Å². The molecule has 1 aliphatic heterocycles. The molecule has 16 nitrogen and oxygen atoms in total. The van der Waals surface area contributed by atoms with Crippen molar-refractivity contribution in [1.82, 2.24) is 54.8 Å². The Hall–Kier alpha value is -5.53. The normalized spacial score (nSPS) is 18.6. The van der Waals surface area contributed by atoms with Crippen molar-refractivity contribution in [2.45, 2.75) is 63.8 Å². The lowest BCUT2D eigenvalue weighted by Gasteiger charge is -2.38. The molecule has 1 aromatic carbocycles. The number of nitrogens with one attached hydrogen (secondary N) is 1. The highest BCUT2D eigenvalue weighted by Crippen LogP contribution is 2.35. The maximum atomic E-state index is 9.68. The van der Waals surface area contributed by atoms with Gasteiger partial charge < -0.3 is 19.5 Å². The molecule has 16 heteroatoms. The maximum absolute atomic E-state index is 9.68. The predicted molar refractivity (Wildman–Crippen MR) is 181 cm³/mol. The van der Waals surface area contributed by atoms with E-state index < -0.39 is 0 Å². The second-order valence-electron chi connectivity index (χ2n) is 12.4. The van der Waals surface area contributed by atoms with Crippen molar-refractivity contribution in [3.8, 4) is 28.8 Å². The summed E-state index contributed by atoms with van der Waals surface area (Å²) in [5.41, 5.74) is 2.69. The summed E-state index contributed by atoms with van der Waals surface area (Å²) in [5.74, 6) is 2.05. The van der Waals surface area contributed by atoms with Crippen molar-refractivity contribution < 1.29 is 14.2 Å². The van der Waals surface area contributed by atoms with Gasteiger partial charge >= 0.3 is 0 Å². The molecule has 2 aliphatic rings. The molecule has 1 aliphatic carbocycles. The zero-order valence-corrected chi connectivity index (χ0v) is 27.9. The Morgan fingerprint density at radius 1 is 1.02 bits per heavy atom. The Morgan fingerprint density at radius 2 is 1.80 bits per heavy atom. The fourth-order valence-electron chi connectivity index (χ4n) is 6.42. The third-order valence-corrected chi connectivity index (χ3v) is 8.98. The van der Waals surface area contributed by atoms with E-state index >= 15 is 0 Å². The van der Waals surface area contributed by atoms with Gasteiger partial charge in [-0.1, -0.05) is 6.07 Å². The van der Waals surface area contributed by atoms with Gasteiger partial charge in [-0.05, 0) is 66.8 Å². The van der Waals surface area contributed by atoms with Gasteiger partial charge in [-0.3, -0.25) is 9.58 Å². The number of morpholine rings is 1.